The average Bonchev–Trinajstić information content (AvgIpc) is 2.86. The zero-order chi connectivity index (χ0) is 29.7. The second-order valence-electron chi connectivity index (χ2n) is 11.6. The van der Waals surface area contributed by atoms with E-state index in [1.54, 1.807) is 17.9 Å². The van der Waals surface area contributed by atoms with E-state index in [-0.39, 0.29) is 24.0 Å². The highest BCUT2D eigenvalue weighted by molar-refractivity contribution is 7.92. The number of hydrogen-bond acceptors (Lipinski definition) is 7. The first kappa shape index (κ1) is 31.3. The van der Waals surface area contributed by atoms with Crippen molar-refractivity contribution < 1.29 is 27.1 Å². The molecule has 0 radical (unpaired) electrons. The van der Waals surface area contributed by atoms with Gasteiger partial charge >= 0.3 is 6.09 Å². The van der Waals surface area contributed by atoms with E-state index in [0.29, 0.717) is 37.5 Å². The molecule has 220 valence electrons. The Morgan fingerprint density at radius 3 is 2.45 bits per heavy atom. The number of sulfonamides is 1. The van der Waals surface area contributed by atoms with Crippen molar-refractivity contribution in [1.29, 1.82) is 0 Å². The summed E-state index contributed by atoms with van der Waals surface area (Å²) in [5.41, 5.74) is 1.61. The van der Waals surface area contributed by atoms with Crippen LogP contribution >= 0.6 is 0 Å². The van der Waals surface area contributed by atoms with E-state index in [2.05, 4.69) is 15.0 Å². The third kappa shape index (κ3) is 9.46. The second kappa shape index (κ2) is 13.0. The number of aromatic nitrogens is 1. The number of ether oxygens (including phenoxy) is 1. The molecular formula is C29H41FN4O5S. The van der Waals surface area contributed by atoms with E-state index in [0.717, 1.165) is 36.2 Å². The normalized spacial score (nSPS) is 15.4. The number of likely N-dealkylation sites (tertiary alicyclic amines) is 1. The summed E-state index contributed by atoms with van der Waals surface area (Å²) in [5.74, 6) is -0.201. The van der Waals surface area contributed by atoms with Gasteiger partial charge in [-0.25, -0.2) is 22.6 Å². The molecule has 1 aromatic heterocycles. The Balaban J connectivity index is 1.55. The molecule has 2 N–H and O–H groups in total. The van der Waals surface area contributed by atoms with Crippen molar-refractivity contribution in [3.63, 3.8) is 0 Å². The zero-order valence-corrected chi connectivity index (χ0v) is 25.0. The number of aryl methyl sites for hydroxylation is 2. The molecule has 1 aromatic carbocycles. The van der Waals surface area contributed by atoms with Gasteiger partial charge in [0.1, 0.15) is 23.0 Å². The van der Waals surface area contributed by atoms with Gasteiger partial charge in [0, 0.05) is 37.7 Å². The van der Waals surface area contributed by atoms with Crippen molar-refractivity contribution in [3.05, 3.63) is 53.0 Å². The fraction of sp³-hybridized carbons (Fsp3) is 0.552. The summed E-state index contributed by atoms with van der Waals surface area (Å²) >= 11 is 0. The average molecular weight is 577 g/mol. The van der Waals surface area contributed by atoms with E-state index in [1.165, 1.54) is 12.1 Å². The van der Waals surface area contributed by atoms with Crippen LogP contribution in [0.25, 0.3) is 0 Å². The summed E-state index contributed by atoms with van der Waals surface area (Å²) in [4.78, 5) is 31.7. The van der Waals surface area contributed by atoms with Crippen LogP contribution in [0.5, 0.6) is 0 Å². The molecule has 2 heterocycles. The van der Waals surface area contributed by atoms with Gasteiger partial charge < -0.3 is 15.0 Å². The van der Waals surface area contributed by atoms with E-state index < -0.39 is 27.4 Å². The number of rotatable bonds is 10. The van der Waals surface area contributed by atoms with Gasteiger partial charge in [-0.15, -0.1) is 0 Å². The molecule has 1 amide bonds. The maximum atomic E-state index is 14.4. The van der Waals surface area contributed by atoms with Gasteiger partial charge in [0.25, 0.3) is 0 Å². The van der Waals surface area contributed by atoms with E-state index in [1.807, 2.05) is 39.8 Å². The number of carbonyl (C=O) groups is 2. The van der Waals surface area contributed by atoms with Crippen molar-refractivity contribution in [2.45, 2.75) is 71.8 Å². The number of anilines is 2. The molecule has 0 aliphatic carbocycles. The molecular weight excluding hydrogens is 535 g/mol. The number of ketones is 1. The molecule has 11 heteroatoms. The molecule has 2 aromatic rings. The second-order valence-corrected chi connectivity index (χ2v) is 13.3. The highest BCUT2D eigenvalue weighted by Gasteiger charge is 2.27. The lowest BCUT2D eigenvalue weighted by Gasteiger charge is -2.33. The number of amides is 1. The van der Waals surface area contributed by atoms with Gasteiger partial charge in [0.15, 0.2) is 0 Å². The minimum absolute atomic E-state index is 0.0516. The van der Waals surface area contributed by atoms with Gasteiger partial charge in [-0.3, -0.25) is 9.52 Å². The number of carbonyl (C=O) groups excluding carboxylic acids is 2. The highest BCUT2D eigenvalue weighted by Crippen LogP contribution is 2.26. The molecule has 40 heavy (non-hydrogen) atoms. The van der Waals surface area contributed by atoms with Crippen LogP contribution in [0.1, 0.15) is 69.7 Å². The number of Topliss-reactive ketones (excluding diaryl/α,β-unsaturated/α-hetero) is 1. The topological polar surface area (TPSA) is 118 Å². The van der Waals surface area contributed by atoms with Crippen LogP contribution in [0.4, 0.5) is 20.7 Å². The van der Waals surface area contributed by atoms with Crippen molar-refractivity contribution in [3.8, 4) is 0 Å². The molecule has 9 nitrogen and oxygen atoms in total. The molecule has 3 rings (SSSR count). The smallest absolute Gasteiger partial charge is 0.410 e. The maximum Gasteiger partial charge on any atom is 0.410 e. The maximum absolute atomic E-state index is 14.4. The van der Waals surface area contributed by atoms with Crippen LogP contribution in [0.2, 0.25) is 0 Å². The number of nitrogens with one attached hydrogen (secondary N) is 2. The summed E-state index contributed by atoms with van der Waals surface area (Å²) in [6, 6.07) is 7.98. The fourth-order valence-corrected chi connectivity index (χ4v) is 5.14. The lowest BCUT2D eigenvalue weighted by atomic mass is 9.92. The first-order valence-electron chi connectivity index (χ1n) is 13.6. The van der Waals surface area contributed by atoms with Crippen molar-refractivity contribution in [2.24, 2.45) is 5.92 Å². The van der Waals surface area contributed by atoms with Gasteiger partial charge in [0.2, 0.25) is 10.0 Å². The molecule has 1 unspecified atom stereocenters. The zero-order valence-electron chi connectivity index (χ0n) is 24.2. The quantitative estimate of drug-likeness (QED) is 0.396. The Labute approximate surface area is 236 Å². The van der Waals surface area contributed by atoms with E-state index in [9.17, 15) is 22.4 Å². The molecule has 1 fully saturated rings. The van der Waals surface area contributed by atoms with E-state index in [4.69, 9.17) is 4.74 Å². The van der Waals surface area contributed by atoms with Gasteiger partial charge in [-0.2, -0.15) is 0 Å². The SMILES string of the molecule is Cc1ccc(CCC(=O)C(C)c2ccc(NS(C)(=O)=O)c(F)c2)c(NCC2CCN(C(=O)OC(C)(C)C)CC2)n1. The van der Waals surface area contributed by atoms with Gasteiger partial charge in [0.05, 0.1) is 11.9 Å². The third-order valence-corrected chi connectivity index (χ3v) is 7.45. The Morgan fingerprint density at radius 2 is 1.85 bits per heavy atom. The number of halogens is 1. The Hall–Kier alpha value is -3.21. The minimum atomic E-state index is -3.61. The number of piperidine rings is 1. The highest BCUT2D eigenvalue weighted by atomic mass is 32.2. The Kier molecular flexibility index (Phi) is 10.2. The van der Waals surface area contributed by atoms with Crippen LogP contribution < -0.4 is 10.0 Å². The number of nitrogens with zero attached hydrogens (tertiary/aromatic N) is 2. The summed E-state index contributed by atoms with van der Waals surface area (Å²) in [6.45, 7) is 11.2. The van der Waals surface area contributed by atoms with Crippen LogP contribution in [0.15, 0.2) is 30.3 Å². The lowest BCUT2D eigenvalue weighted by Crippen LogP contribution is -2.42. The summed E-state index contributed by atoms with van der Waals surface area (Å²) in [7, 11) is -3.61. The Morgan fingerprint density at radius 1 is 1.18 bits per heavy atom. The van der Waals surface area contributed by atoms with E-state index >= 15 is 0 Å². The largest absolute Gasteiger partial charge is 0.444 e. The van der Waals surface area contributed by atoms with Crippen LogP contribution in [0.3, 0.4) is 0 Å². The molecule has 0 bridgehead atoms. The van der Waals surface area contributed by atoms with Crippen molar-refractivity contribution in [1.82, 2.24) is 9.88 Å². The minimum Gasteiger partial charge on any atom is -0.444 e. The third-order valence-electron chi connectivity index (χ3n) is 6.85. The summed E-state index contributed by atoms with van der Waals surface area (Å²) < 4.78 is 44.8. The van der Waals surface area contributed by atoms with Crippen molar-refractivity contribution in [2.75, 3.05) is 35.9 Å². The predicted octanol–water partition coefficient (Wildman–Crippen LogP) is 5.27. The molecule has 1 atom stereocenters. The molecule has 1 aliphatic heterocycles. The molecule has 0 spiro atoms. The summed E-state index contributed by atoms with van der Waals surface area (Å²) in [5, 5.41) is 3.46. The molecule has 1 saturated heterocycles. The van der Waals surface area contributed by atoms with Gasteiger partial charge in [-0.05, 0) is 82.2 Å². The fourth-order valence-electron chi connectivity index (χ4n) is 4.57. The van der Waals surface area contributed by atoms with Crippen LogP contribution in [0, 0.1) is 18.7 Å². The molecule has 0 saturated carbocycles. The first-order valence-corrected chi connectivity index (χ1v) is 15.5. The monoisotopic (exact) mass is 576 g/mol. The number of pyridine rings is 1. The van der Waals surface area contributed by atoms with Crippen LogP contribution in [-0.2, 0) is 26.0 Å². The van der Waals surface area contributed by atoms with Crippen LogP contribution in [-0.4, -0.2) is 61.7 Å². The first-order chi connectivity index (χ1) is 18.6. The van der Waals surface area contributed by atoms with Gasteiger partial charge in [-0.1, -0.05) is 19.1 Å². The Bertz CT molecular complexity index is 1320. The number of hydrogen-bond donors (Lipinski definition) is 2. The van der Waals surface area contributed by atoms with Crippen molar-refractivity contribution >= 4 is 33.4 Å². The predicted molar refractivity (Wildman–Crippen MR) is 155 cm³/mol. The lowest BCUT2D eigenvalue weighted by molar-refractivity contribution is -0.120. The summed E-state index contributed by atoms with van der Waals surface area (Å²) in [6.07, 6.45) is 3.12. The number of benzene rings is 1. The standard InChI is InChI=1S/C29H41FN4O5S/c1-19-7-8-22(10-12-26(35)20(2)23-9-11-25(24(30)17-23)33-40(6,37)38)27(32-19)31-18-21-13-15-34(16-14-21)28(36)39-29(3,4)5/h7-9,11,17,20-21,33H,10,12-16,18H2,1-6H3,(H,31,32). The molecule has 1 aliphatic rings.